The van der Waals surface area contributed by atoms with Crippen LogP contribution in [0.2, 0.25) is 0 Å². The normalized spacial score (nSPS) is 15.6. The van der Waals surface area contributed by atoms with Crippen LogP contribution in [0.15, 0.2) is 53.8 Å². The number of rotatable bonds is 8. The number of carbonyl (C=O) groups excluding carboxylic acids is 2. The Hall–Kier alpha value is -2.86. The molecule has 1 aromatic rings. The van der Waals surface area contributed by atoms with Crippen LogP contribution in [0.3, 0.4) is 0 Å². The highest BCUT2D eigenvalue weighted by atomic mass is 16.5. The topological polar surface area (TPSA) is 65.1 Å². The molecule has 1 aliphatic heterocycles. The fraction of sp³-hybridized carbons (Fsp3) is 0.300. The van der Waals surface area contributed by atoms with Crippen molar-refractivity contribution in [1.29, 1.82) is 0 Å². The van der Waals surface area contributed by atoms with Crippen molar-refractivity contribution in [2.75, 3.05) is 34.0 Å². The molecule has 0 bridgehead atoms. The third-order valence-electron chi connectivity index (χ3n) is 3.98. The lowest BCUT2D eigenvalue weighted by Gasteiger charge is -2.16. The van der Waals surface area contributed by atoms with Crippen LogP contribution in [0.4, 0.5) is 0 Å². The van der Waals surface area contributed by atoms with Gasteiger partial charge in [-0.25, -0.2) is 4.79 Å². The summed E-state index contributed by atoms with van der Waals surface area (Å²) in [5, 5.41) is 0. The number of benzene rings is 1. The van der Waals surface area contributed by atoms with Crippen molar-refractivity contribution in [2.24, 2.45) is 0 Å². The molecule has 1 heterocycles. The number of esters is 1. The van der Waals surface area contributed by atoms with Crippen LogP contribution >= 0.6 is 0 Å². The fourth-order valence-corrected chi connectivity index (χ4v) is 2.66. The van der Waals surface area contributed by atoms with Gasteiger partial charge in [-0.15, -0.1) is 0 Å². The molecule has 0 saturated carbocycles. The van der Waals surface area contributed by atoms with E-state index in [2.05, 4.69) is 6.58 Å². The Morgan fingerprint density at radius 2 is 1.92 bits per heavy atom. The molecule has 0 aromatic heterocycles. The molecule has 1 amide bonds. The first-order valence-electron chi connectivity index (χ1n) is 8.19. The Morgan fingerprint density at radius 3 is 2.50 bits per heavy atom. The van der Waals surface area contributed by atoms with Crippen LogP contribution in [0.1, 0.15) is 12.5 Å². The van der Waals surface area contributed by atoms with Crippen molar-refractivity contribution < 1.29 is 23.8 Å². The average molecular weight is 357 g/mol. The van der Waals surface area contributed by atoms with Crippen molar-refractivity contribution in [1.82, 2.24) is 4.90 Å². The molecule has 6 heteroatoms. The molecule has 0 saturated heterocycles. The summed E-state index contributed by atoms with van der Waals surface area (Å²) in [5.74, 6) is -0.0775. The maximum Gasteiger partial charge on any atom is 0.340 e. The van der Waals surface area contributed by atoms with E-state index in [1.807, 2.05) is 12.1 Å². The molecule has 0 aliphatic carbocycles. The minimum absolute atomic E-state index is 0.244. The molecule has 0 spiro atoms. The van der Waals surface area contributed by atoms with Crippen LogP contribution in [-0.4, -0.2) is 50.8 Å². The zero-order valence-electron chi connectivity index (χ0n) is 15.3. The second-order valence-corrected chi connectivity index (χ2v) is 5.63. The van der Waals surface area contributed by atoms with E-state index in [0.717, 1.165) is 5.56 Å². The Morgan fingerprint density at radius 1 is 1.23 bits per heavy atom. The summed E-state index contributed by atoms with van der Waals surface area (Å²) in [5.41, 5.74) is 1.93. The number of allylic oxidation sites excluding steroid dienone is 1. The lowest BCUT2D eigenvalue weighted by atomic mass is 10.0. The third-order valence-corrected chi connectivity index (χ3v) is 3.98. The molecule has 26 heavy (non-hydrogen) atoms. The van der Waals surface area contributed by atoms with Gasteiger partial charge in [-0.05, 0) is 30.7 Å². The van der Waals surface area contributed by atoms with Gasteiger partial charge in [-0.3, -0.25) is 4.79 Å². The average Bonchev–Trinajstić information content (AvgIpc) is 2.88. The number of methoxy groups -OCH3 is 2. The van der Waals surface area contributed by atoms with Gasteiger partial charge in [0.15, 0.2) is 0 Å². The molecule has 0 fully saturated rings. The van der Waals surface area contributed by atoms with Crippen LogP contribution in [0.25, 0.3) is 6.08 Å². The second kappa shape index (κ2) is 9.01. The Balaban J connectivity index is 2.35. The van der Waals surface area contributed by atoms with Crippen LogP contribution in [0, 0.1) is 0 Å². The van der Waals surface area contributed by atoms with Crippen molar-refractivity contribution in [3.05, 3.63) is 59.3 Å². The van der Waals surface area contributed by atoms with E-state index >= 15 is 0 Å². The minimum atomic E-state index is -0.534. The minimum Gasteiger partial charge on any atom is -0.490 e. The summed E-state index contributed by atoms with van der Waals surface area (Å²) in [4.78, 5) is 26.5. The Kier molecular flexibility index (Phi) is 6.74. The van der Waals surface area contributed by atoms with E-state index in [9.17, 15) is 9.59 Å². The highest BCUT2D eigenvalue weighted by molar-refractivity contribution is 6.16. The number of amides is 1. The lowest BCUT2D eigenvalue weighted by Crippen LogP contribution is -2.28. The number of ether oxygens (including phenoxy) is 3. The SMILES string of the molecule is C=CCOc1ccc(/C=C2\C(=O)N(CCOC)C(C)=C2C(=O)OC)cc1. The van der Waals surface area contributed by atoms with Gasteiger partial charge in [0.25, 0.3) is 5.91 Å². The van der Waals surface area contributed by atoms with Crippen LogP contribution < -0.4 is 4.74 Å². The highest BCUT2D eigenvalue weighted by Crippen LogP contribution is 2.31. The summed E-state index contributed by atoms with van der Waals surface area (Å²) in [7, 11) is 2.86. The van der Waals surface area contributed by atoms with Gasteiger partial charge in [-0.2, -0.15) is 0 Å². The molecule has 0 N–H and O–H groups in total. The molecule has 0 atom stereocenters. The molecule has 1 aliphatic rings. The van der Waals surface area contributed by atoms with E-state index < -0.39 is 5.97 Å². The van der Waals surface area contributed by atoms with Crippen molar-refractivity contribution in [3.63, 3.8) is 0 Å². The van der Waals surface area contributed by atoms with Gasteiger partial charge in [0.05, 0.1) is 24.9 Å². The van der Waals surface area contributed by atoms with Gasteiger partial charge in [-0.1, -0.05) is 24.8 Å². The maximum absolute atomic E-state index is 12.8. The predicted molar refractivity (Wildman–Crippen MR) is 98.4 cm³/mol. The largest absolute Gasteiger partial charge is 0.490 e. The van der Waals surface area contributed by atoms with Crippen molar-refractivity contribution >= 4 is 18.0 Å². The number of hydrogen-bond donors (Lipinski definition) is 0. The highest BCUT2D eigenvalue weighted by Gasteiger charge is 2.36. The zero-order chi connectivity index (χ0) is 19.1. The first-order chi connectivity index (χ1) is 12.5. The summed E-state index contributed by atoms with van der Waals surface area (Å²) >= 11 is 0. The number of hydrogen-bond acceptors (Lipinski definition) is 5. The van der Waals surface area contributed by atoms with Crippen molar-refractivity contribution in [2.45, 2.75) is 6.92 Å². The van der Waals surface area contributed by atoms with Gasteiger partial charge in [0.1, 0.15) is 12.4 Å². The van der Waals surface area contributed by atoms with E-state index in [1.54, 1.807) is 38.3 Å². The number of carbonyl (C=O) groups is 2. The Bertz CT molecular complexity index is 746. The quantitative estimate of drug-likeness (QED) is 0.406. The maximum atomic E-state index is 12.8. The summed E-state index contributed by atoms with van der Waals surface area (Å²) in [6, 6.07) is 7.24. The first-order valence-corrected chi connectivity index (χ1v) is 8.19. The zero-order valence-corrected chi connectivity index (χ0v) is 15.3. The molecule has 138 valence electrons. The van der Waals surface area contributed by atoms with E-state index in [1.165, 1.54) is 12.0 Å². The second-order valence-electron chi connectivity index (χ2n) is 5.63. The molecular weight excluding hydrogens is 334 g/mol. The van der Waals surface area contributed by atoms with Gasteiger partial charge in [0.2, 0.25) is 0 Å². The summed E-state index contributed by atoms with van der Waals surface area (Å²) < 4.78 is 15.4. The molecule has 2 rings (SSSR count). The van der Waals surface area contributed by atoms with Crippen LogP contribution in [-0.2, 0) is 19.1 Å². The summed E-state index contributed by atoms with van der Waals surface area (Å²) in [6.45, 7) is 6.49. The lowest BCUT2D eigenvalue weighted by molar-refractivity contribution is -0.136. The summed E-state index contributed by atoms with van der Waals surface area (Å²) in [6.07, 6.45) is 3.35. The monoisotopic (exact) mass is 357 g/mol. The first kappa shape index (κ1) is 19.5. The van der Waals surface area contributed by atoms with E-state index in [0.29, 0.717) is 36.8 Å². The standard InChI is InChI=1S/C20H23NO5/c1-5-11-26-16-8-6-15(7-9-16)13-17-18(20(23)25-4)14(2)21(19(17)22)10-12-24-3/h5-9,13H,1,10-12H2,2-4H3/b17-13-. The smallest absolute Gasteiger partial charge is 0.340 e. The predicted octanol–water partition coefficient (Wildman–Crippen LogP) is 2.57. The van der Waals surface area contributed by atoms with Crippen molar-refractivity contribution in [3.8, 4) is 5.75 Å². The Labute approximate surface area is 153 Å². The molecule has 1 aromatic carbocycles. The third kappa shape index (κ3) is 4.21. The molecule has 6 nitrogen and oxygen atoms in total. The van der Waals surface area contributed by atoms with E-state index in [4.69, 9.17) is 14.2 Å². The van der Waals surface area contributed by atoms with Gasteiger partial charge >= 0.3 is 5.97 Å². The number of nitrogens with zero attached hydrogens (tertiary/aromatic N) is 1. The van der Waals surface area contributed by atoms with Gasteiger partial charge < -0.3 is 19.1 Å². The van der Waals surface area contributed by atoms with E-state index in [-0.39, 0.29) is 11.5 Å². The molecular formula is C20H23NO5. The molecule has 0 unspecified atom stereocenters. The van der Waals surface area contributed by atoms with Gasteiger partial charge in [0, 0.05) is 19.4 Å². The molecule has 0 radical (unpaired) electrons. The van der Waals surface area contributed by atoms with Crippen LogP contribution in [0.5, 0.6) is 5.75 Å². The fourth-order valence-electron chi connectivity index (χ4n) is 2.66.